The van der Waals surface area contributed by atoms with Gasteiger partial charge in [0.1, 0.15) is 4.90 Å². The molecule has 112 valence electrons. The zero-order valence-corrected chi connectivity index (χ0v) is 13.3. The van der Waals surface area contributed by atoms with E-state index in [1.807, 2.05) is 0 Å². The van der Waals surface area contributed by atoms with Crippen LogP contribution in [0, 0.1) is 0 Å². The van der Waals surface area contributed by atoms with E-state index in [0.717, 1.165) is 32.1 Å². The Morgan fingerprint density at radius 1 is 1.15 bits per heavy atom. The van der Waals surface area contributed by atoms with E-state index in [9.17, 15) is 8.42 Å². The lowest BCUT2D eigenvalue weighted by Gasteiger charge is -2.22. The molecule has 0 bridgehead atoms. The second kappa shape index (κ2) is 6.62. The van der Waals surface area contributed by atoms with Gasteiger partial charge in [-0.1, -0.05) is 42.5 Å². The average molecular weight is 337 g/mol. The van der Waals surface area contributed by atoms with Crippen molar-refractivity contribution in [1.82, 2.24) is 4.72 Å². The predicted octanol–water partition coefficient (Wildman–Crippen LogP) is 2.93. The highest BCUT2D eigenvalue weighted by Gasteiger charge is 2.27. The van der Waals surface area contributed by atoms with E-state index < -0.39 is 10.0 Å². The summed E-state index contributed by atoms with van der Waals surface area (Å²) in [5.41, 5.74) is 6.05. The van der Waals surface area contributed by atoms with Crippen LogP contribution in [0.15, 0.2) is 23.1 Å². The number of sulfonamides is 1. The maximum Gasteiger partial charge on any atom is 0.242 e. The predicted molar refractivity (Wildman–Crippen MR) is 81.6 cm³/mol. The Kier molecular flexibility index (Phi) is 5.31. The van der Waals surface area contributed by atoms with Crippen LogP contribution in [0.25, 0.3) is 0 Å². The lowest BCUT2D eigenvalue weighted by molar-refractivity contribution is 0.456. The number of halogens is 2. The molecule has 2 atom stereocenters. The Morgan fingerprint density at radius 3 is 2.60 bits per heavy atom. The van der Waals surface area contributed by atoms with Crippen molar-refractivity contribution in [2.45, 2.75) is 49.1 Å². The van der Waals surface area contributed by atoms with Gasteiger partial charge in [-0.25, -0.2) is 13.1 Å². The third-order valence-corrected chi connectivity index (χ3v) is 5.77. The molecule has 0 heterocycles. The summed E-state index contributed by atoms with van der Waals surface area (Å²) in [6.07, 6.45) is 4.68. The van der Waals surface area contributed by atoms with Gasteiger partial charge in [0.2, 0.25) is 10.0 Å². The highest BCUT2D eigenvalue weighted by atomic mass is 35.5. The van der Waals surface area contributed by atoms with Crippen LogP contribution in [0.1, 0.15) is 32.1 Å². The van der Waals surface area contributed by atoms with Crippen LogP contribution in [0.2, 0.25) is 10.0 Å². The number of nitrogens with two attached hydrogens (primary N) is 1. The molecule has 1 aromatic carbocycles. The lowest BCUT2D eigenvalue weighted by Crippen LogP contribution is -2.46. The topological polar surface area (TPSA) is 72.2 Å². The largest absolute Gasteiger partial charge is 0.326 e. The molecule has 3 N–H and O–H groups in total. The number of rotatable bonds is 3. The summed E-state index contributed by atoms with van der Waals surface area (Å²) < 4.78 is 27.5. The fraction of sp³-hybridized carbons (Fsp3) is 0.538. The summed E-state index contributed by atoms with van der Waals surface area (Å²) in [7, 11) is -3.71. The Labute approximate surface area is 129 Å². The first-order valence-corrected chi connectivity index (χ1v) is 8.87. The molecule has 0 amide bonds. The van der Waals surface area contributed by atoms with Gasteiger partial charge in [-0.2, -0.15) is 0 Å². The van der Waals surface area contributed by atoms with E-state index in [-0.39, 0.29) is 22.0 Å². The second-order valence-electron chi connectivity index (χ2n) is 5.10. The quantitative estimate of drug-likeness (QED) is 0.833. The van der Waals surface area contributed by atoms with Gasteiger partial charge in [0, 0.05) is 17.1 Å². The second-order valence-corrected chi connectivity index (χ2v) is 7.63. The van der Waals surface area contributed by atoms with Crippen molar-refractivity contribution in [3.8, 4) is 0 Å². The summed E-state index contributed by atoms with van der Waals surface area (Å²) >= 11 is 11.8. The van der Waals surface area contributed by atoms with Crippen molar-refractivity contribution in [2.24, 2.45) is 5.73 Å². The highest BCUT2D eigenvalue weighted by Crippen LogP contribution is 2.26. The molecule has 20 heavy (non-hydrogen) atoms. The monoisotopic (exact) mass is 336 g/mol. The van der Waals surface area contributed by atoms with Gasteiger partial charge in [-0.3, -0.25) is 0 Å². The van der Waals surface area contributed by atoms with Crippen molar-refractivity contribution in [2.75, 3.05) is 0 Å². The van der Waals surface area contributed by atoms with Gasteiger partial charge in [0.05, 0.1) is 5.02 Å². The standard InChI is InChI=1S/C13H18Cl2N2O2S/c14-9-6-7-10(15)13(8-9)20(18,19)17-12-5-3-1-2-4-11(12)16/h6-8,11-12,17H,1-5,16H2. The van der Waals surface area contributed by atoms with Crippen molar-refractivity contribution < 1.29 is 8.42 Å². The lowest BCUT2D eigenvalue weighted by atomic mass is 10.1. The highest BCUT2D eigenvalue weighted by molar-refractivity contribution is 7.89. The Morgan fingerprint density at radius 2 is 1.85 bits per heavy atom. The fourth-order valence-electron chi connectivity index (χ4n) is 2.43. The number of hydrogen-bond acceptors (Lipinski definition) is 3. The molecule has 4 nitrogen and oxygen atoms in total. The van der Waals surface area contributed by atoms with Crippen LogP contribution < -0.4 is 10.5 Å². The Hall–Kier alpha value is -0.330. The first-order chi connectivity index (χ1) is 9.40. The van der Waals surface area contributed by atoms with Crippen molar-refractivity contribution >= 4 is 33.2 Å². The van der Waals surface area contributed by atoms with Crippen molar-refractivity contribution in [3.05, 3.63) is 28.2 Å². The van der Waals surface area contributed by atoms with Gasteiger partial charge >= 0.3 is 0 Å². The zero-order valence-electron chi connectivity index (χ0n) is 11.0. The van der Waals surface area contributed by atoms with Gasteiger partial charge in [0.25, 0.3) is 0 Å². The van der Waals surface area contributed by atoms with Gasteiger partial charge in [-0.05, 0) is 31.0 Å². The van der Waals surface area contributed by atoms with Crippen LogP contribution in [0.4, 0.5) is 0 Å². The first-order valence-electron chi connectivity index (χ1n) is 6.63. The molecule has 0 aliphatic heterocycles. The third kappa shape index (κ3) is 3.86. The van der Waals surface area contributed by atoms with Crippen LogP contribution in [-0.4, -0.2) is 20.5 Å². The minimum atomic E-state index is -3.71. The molecule has 0 aromatic heterocycles. The molecule has 1 saturated carbocycles. The number of hydrogen-bond donors (Lipinski definition) is 2. The summed E-state index contributed by atoms with van der Waals surface area (Å²) in [6, 6.07) is 3.98. The van der Waals surface area contributed by atoms with Crippen LogP contribution in [0.3, 0.4) is 0 Å². The van der Waals surface area contributed by atoms with Crippen molar-refractivity contribution in [3.63, 3.8) is 0 Å². The molecule has 7 heteroatoms. The van der Waals surface area contributed by atoms with Gasteiger partial charge < -0.3 is 5.73 Å². The van der Waals surface area contributed by atoms with Gasteiger partial charge in [0.15, 0.2) is 0 Å². The SMILES string of the molecule is NC1CCCCCC1NS(=O)(=O)c1cc(Cl)ccc1Cl. The van der Waals surface area contributed by atoms with Crippen LogP contribution in [-0.2, 0) is 10.0 Å². The fourth-order valence-corrected chi connectivity index (χ4v) is 4.51. The van der Waals surface area contributed by atoms with E-state index in [1.165, 1.54) is 12.1 Å². The minimum Gasteiger partial charge on any atom is -0.326 e. The summed E-state index contributed by atoms with van der Waals surface area (Å²) in [6.45, 7) is 0. The van der Waals surface area contributed by atoms with Crippen LogP contribution in [0.5, 0.6) is 0 Å². The minimum absolute atomic E-state index is 0.00288. The molecule has 1 aromatic rings. The normalized spacial score (nSPS) is 24.4. The van der Waals surface area contributed by atoms with E-state index in [2.05, 4.69) is 4.72 Å². The zero-order chi connectivity index (χ0) is 14.8. The molecule has 0 saturated heterocycles. The van der Waals surface area contributed by atoms with E-state index in [0.29, 0.717) is 5.02 Å². The Bertz CT molecular complexity index is 578. The number of nitrogens with one attached hydrogen (secondary N) is 1. The molecule has 2 rings (SSSR count). The smallest absolute Gasteiger partial charge is 0.242 e. The molecule has 1 aliphatic carbocycles. The van der Waals surface area contributed by atoms with Gasteiger partial charge in [-0.15, -0.1) is 0 Å². The maximum absolute atomic E-state index is 12.4. The Balaban J connectivity index is 2.24. The number of benzene rings is 1. The molecular weight excluding hydrogens is 319 g/mol. The van der Waals surface area contributed by atoms with Crippen LogP contribution >= 0.6 is 23.2 Å². The summed E-state index contributed by atoms with van der Waals surface area (Å²) in [4.78, 5) is 0.00288. The molecule has 0 spiro atoms. The van der Waals surface area contributed by atoms with Crippen molar-refractivity contribution in [1.29, 1.82) is 0 Å². The summed E-state index contributed by atoms with van der Waals surface area (Å²) in [5.74, 6) is 0. The first kappa shape index (κ1) is 16.0. The molecule has 1 fully saturated rings. The van der Waals surface area contributed by atoms with E-state index >= 15 is 0 Å². The summed E-state index contributed by atoms with van der Waals surface area (Å²) in [5, 5.41) is 0.490. The molecular formula is C13H18Cl2N2O2S. The molecule has 0 radical (unpaired) electrons. The molecule has 1 aliphatic rings. The maximum atomic E-state index is 12.4. The third-order valence-electron chi connectivity index (χ3n) is 3.56. The van der Waals surface area contributed by atoms with E-state index in [4.69, 9.17) is 28.9 Å². The average Bonchev–Trinajstić information content (AvgIpc) is 2.57. The van der Waals surface area contributed by atoms with E-state index in [1.54, 1.807) is 6.07 Å². The molecule has 2 unspecified atom stereocenters.